The molecule has 0 spiro atoms. The van der Waals surface area contributed by atoms with Crippen LogP contribution in [0.25, 0.3) is 0 Å². The average Bonchev–Trinajstić information content (AvgIpc) is 2.27. The van der Waals surface area contributed by atoms with E-state index in [4.69, 9.17) is 9.08 Å². The van der Waals surface area contributed by atoms with Gasteiger partial charge in [-0.2, -0.15) is 0 Å². The summed E-state index contributed by atoms with van der Waals surface area (Å²) in [6, 6.07) is 0. The molecule has 0 amide bonds. The van der Waals surface area contributed by atoms with Crippen LogP contribution in [0.3, 0.4) is 0 Å². The van der Waals surface area contributed by atoms with E-state index in [-0.39, 0.29) is 6.61 Å². The minimum absolute atomic E-state index is 0.229. The van der Waals surface area contributed by atoms with Gasteiger partial charge in [0.2, 0.25) is 0 Å². The van der Waals surface area contributed by atoms with Crippen molar-refractivity contribution in [1.29, 1.82) is 0 Å². The van der Waals surface area contributed by atoms with Crippen molar-refractivity contribution in [2.75, 3.05) is 13.7 Å². The zero-order valence-corrected chi connectivity index (χ0v) is 11.6. The second-order valence-electron chi connectivity index (χ2n) is 3.46. The topological polar surface area (TPSA) is 72.8 Å². The van der Waals surface area contributed by atoms with Crippen molar-refractivity contribution in [3.8, 4) is 0 Å². The lowest BCUT2D eigenvalue weighted by atomic mass is 10.1. The van der Waals surface area contributed by atoms with Crippen molar-refractivity contribution in [3.05, 3.63) is 0 Å². The second kappa shape index (κ2) is 9.31. The highest BCUT2D eigenvalue weighted by Crippen LogP contribution is 2.45. The molecule has 2 atom stereocenters. The van der Waals surface area contributed by atoms with Gasteiger partial charge in [-0.3, -0.25) is 4.18 Å². The Morgan fingerprint density at radius 1 is 1.19 bits per heavy atom. The highest BCUT2D eigenvalue weighted by Gasteiger charge is 2.28. The first-order chi connectivity index (χ1) is 7.54. The van der Waals surface area contributed by atoms with Crippen molar-refractivity contribution in [1.82, 2.24) is 0 Å². The minimum Gasteiger partial charge on any atom is -0.313 e. The Hall–Kier alpha value is 0.260. The molecule has 7 heteroatoms. The Bertz CT molecular complexity index is 246. The summed E-state index contributed by atoms with van der Waals surface area (Å²) in [5, 5.41) is 0. The van der Waals surface area contributed by atoms with Crippen LogP contribution in [-0.2, 0) is 24.0 Å². The molecule has 5 nitrogen and oxygen atoms in total. The maximum absolute atomic E-state index is 11.1. The molecule has 0 radical (unpaired) electrons. The quantitative estimate of drug-likeness (QED) is 0.489. The van der Waals surface area contributed by atoms with Crippen LogP contribution in [0.5, 0.6) is 0 Å². The third kappa shape index (κ3) is 7.52. The van der Waals surface area contributed by atoms with Crippen LogP contribution < -0.4 is 0 Å². The molecule has 0 aliphatic heterocycles. The van der Waals surface area contributed by atoms with Crippen LogP contribution in [0.1, 0.15) is 45.4 Å². The first-order valence-electron chi connectivity index (χ1n) is 5.49. The molecule has 0 aliphatic rings. The fourth-order valence-electron chi connectivity index (χ4n) is 1.14. The van der Waals surface area contributed by atoms with Crippen LogP contribution in [0, 0.1) is 0 Å². The van der Waals surface area contributed by atoms with Gasteiger partial charge in [-0.1, -0.05) is 39.0 Å². The number of unbranched alkanes of at least 4 members (excludes halogenated alkanes) is 5. The van der Waals surface area contributed by atoms with E-state index in [1.165, 1.54) is 19.3 Å². The molecular formula is C9H21O5PS. The van der Waals surface area contributed by atoms with Crippen molar-refractivity contribution in [2.24, 2.45) is 0 Å². The molecular weight excluding hydrogens is 251 g/mol. The zero-order valence-electron chi connectivity index (χ0n) is 9.89. The van der Waals surface area contributed by atoms with E-state index in [1.807, 2.05) is 0 Å². The van der Waals surface area contributed by atoms with Gasteiger partial charge in [-0.05, 0) is 6.42 Å². The third-order valence-corrected chi connectivity index (χ3v) is 5.20. The van der Waals surface area contributed by atoms with E-state index in [9.17, 15) is 8.77 Å². The van der Waals surface area contributed by atoms with E-state index >= 15 is 0 Å². The molecule has 2 unspecified atom stereocenters. The molecule has 0 aromatic heterocycles. The van der Waals surface area contributed by atoms with E-state index in [1.54, 1.807) is 0 Å². The molecule has 0 aromatic carbocycles. The summed E-state index contributed by atoms with van der Waals surface area (Å²) in [5.74, 6) is 0. The van der Waals surface area contributed by atoms with Crippen LogP contribution in [0.2, 0.25) is 0 Å². The number of hydrogen-bond donors (Lipinski definition) is 1. The average molecular weight is 272 g/mol. The summed E-state index contributed by atoms with van der Waals surface area (Å²) >= 11 is 0. The number of hydrogen-bond acceptors (Lipinski definition) is 4. The summed E-state index contributed by atoms with van der Waals surface area (Å²) in [6.45, 7) is -1.70. The summed E-state index contributed by atoms with van der Waals surface area (Å²) < 4.78 is 31.0. The fourth-order valence-corrected chi connectivity index (χ4v) is 2.64. The normalized spacial score (nSPS) is 16.9. The summed E-state index contributed by atoms with van der Waals surface area (Å²) in [4.78, 5) is 8.97. The highest BCUT2D eigenvalue weighted by atomic mass is 32.8. The molecule has 0 saturated carbocycles. The molecule has 0 aliphatic carbocycles. The van der Waals surface area contributed by atoms with Gasteiger partial charge in [0.25, 0.3) is 10.7 Å². The molecule has 16 heavy (non-hydrogen) atoms. The number of rotatable bonds is 10. The van der Waals surface area contributed by atoms with Crippen LogP contribution in [-0.4, -0.2) is 22.8 Å². The van der Waals surface area contributed by atoms with Crippen molar-refractivity contribution in [3.63, 3.8) is 0 Å². The van der Waals surface area contributed by atoms with E-state index in [0.717, 1.165) is 26.4 Å². The summed E-state index contributed by atoms with van der Waals surface area (Å²) in [6.07, 6.45) is 6.46. The largest absolute Gasteiger partial charge is 0.442 e. The monoisotopic (exact) mass is 272 g/mol. The summed E-state index contributed by atoms with van der Waals surface area (Å²) in [5.41, 5.74) is 0. The Labute approximate surface area is 99.5 Å². The fraction of sp³-hybridized carbons (Fsp3) is 1.00. The minimum atomic E-state index is -4.08. The van der Waals surface area contributed by atoms with Gasteiger partial charge < -0.3 is 9.42 Å². The maximum Gasteiger partial charge on any atom is 0.442 e. The van der Waals surface area contributed by atoms with Crippen molar-refractivity contribution in [2.45, 2.75) is 45.4 Å². The lowest BCUT2D eigenvalue weighted by Crippen LogP contribution is -2.01. The molecule has 0 rings (SSSR count). The van der Waals surface area contributed by atoms with Gasteiger partial charge in [0.1, 0.15) is 0 Å². The Morgan fingerprint density at radius 3 is 2.31 bits per heavy atom. The zero-order chi connectivity index (χ0) is 12.4. The molecule has 98 valence electrons. The molecule has 0 aromatic rings. The lowest BCUT2D eigenvalue weighted by molar-refractivity contribution is 0.307. The Morgan fingerprint density at radius 2 is 1.75 bits per heavy atom. The Kier molecular flexibility index (Phi) is 9.46. The first-order valence-corrected chi connectivity index (χ1v) is 8.74. The van der Waals surface area contributed by atoms with Crippen LogP contribution in [0.15, 0.2) is 0 Å². The first kappa shape index (κ1) is 16.3. The molecule has 0 heterocycles. The van der Waals surface area contributed by atoms with Crippen LogP contribution >= 0.6 is 6.80 Å². The predicted octanol–water partition coefficient (Wildman–Crippen LogP) is 2.77. The third-order valence-electron chi connectivity index (χ3n) is 2.10. The van der Waals surface area contributed by atoms with Crippen molar-refractivity contribution >= 4 is 17.5 Å². The highest BCUT2D eigenvalue weighted by molar-refractivity contribution is 8.43. The van der Waals surface area contributed by atoms with Gasteiger partial charge in [-0.25, -0.2) is 8.77 Å². The molecule has 0 fully saturated rings. The SMILES string of the molecule is CCCCCCCCOS(=O)P(=O)(O)OC. The molecule has 0 bridgehead atoms. The van der Waals surface area contributed by atoms with Crippen molar-refractivity contribution < 1.29 is 22.4 Å². The van der Waals surface area contributed by atoms with E-state index in [0.29, 0.717) is 0 Å². The van der Waals surface area contributed by atoms with Gasteiger partial charge >= 0.3 is 6.80 Å². The Balaban J connectivity index is 3.45. The van der Waals surface area contributed by atoms with E-state index < -0.39 is 17.5 Å². The van der Waals surface area contributed by atoms with Gasteiger partial charge in [0.05, 0.1) is 6.61 Å². The smallest absolute Gasteiger partial charge is 0.313 e. The second-order valence-corrected chi connectivity index (χ2v) is 7.71. The molecule has 1 N–H and O–H groups in total. The maximum atomic E-state index is 11.1. The van der Waals surface area contributed by atoms with Gasteiger partial charge in [-0.15, -0.1) is 0 Å². The summed E-state index contributed by atoms with van der Waals surface area (Å²) in [7, 11) is -1.22. The van der Waals surface area contributed by atoms with E-state index in [2.05, 4.69) is 11.4 Å². The lowest BCUT2D eigenvalue weighted by Gasteiger charge is -2.07. The molecule has 0 saturated heterocycles. The predicted molar refractivity (Wildman–Crippen MR) is 64.3 cm³/mol. The van der Waals surface area contributed by atoms with Crippen LogP contribution in [0.4, 0.5) is 0 Å². The van der Waals surface area contributed by atoms with Gasteiger partial charge in [0, 0.05) is 7.11 Å². The van der Waals surface area contributed by atoms with Gasteiger partial charge in [0.15, 0.2) is 0 Å². The standard InChI is InChI=1S/C9H21O5PS/c1-3-4-5-6-7-8-9-14-16(12)15(10,11)13-2/h3-9H2,1-2H3,(H,10,11).